The van der Waals surface area contributed by atoms with E-state index in [-0.39, 0.29) is 23.1 Å². The Bertz CT molecular complexity index is 993. The van der Waals surface area contributed by atoms with Gasteiger partial charge in [0, 0.05) is 24.3 Å². The molecule has 1 atom stereocenters. The normalized spacial score (nSPS) is 18.0. The molecule has 1 amide bonds. The van der Waals surface area contributed by atoms with E-state index in [1.165, 1.54) is 11.2 Å². The van der Waals surface area contributed by atoms with Crippen molar-refractivity contribution < 1.29 is 18.0 Å². The average Bonchev–Trinajstić information content (AvgIpc) is 3.01. The number of hydrogen-bond donors (Lipinski definition) is 2. The number of anilines is 1. The number of H-pyrrole nitrogens is 1. The summed E-state index contributed by atoms with van der Waals surface area (Å²) in [4.78, 5) is 24.4. The molecule has 0 unspecified atom stereocenters. The van der Waals surface area contributed by atoms with Crippen LogP contribution in [0.5, 0.6) is 0 Å². The van der Waals surface area contributed by atoms with Gasteiger partial charge < -0.3 is 5.32 Å². The van der Waals surface area contributed by atoms with Gasteiger partial charge in [-0.25, -0.2) is 8.42 Å². The number of nitrogens with one attached hydrogen (secondary N) is 2. The smallest absolute Gasteiger partial charge is 0.246 e. The molecule has 0 aliphatic carbocycles. The Morgan fingerprint density at radius 1 is 1.29 bits per heavy atom. The molecule has 0 radical (unpaired) electrons. The molecule has 1 aliphatic heterocycles. The van der Waals surface area contributed by atoms with Gasteiger partial charge in [-0.15, -0.1) is 0 Å². The van der Waals surface area contributed by atoms with E-state index in [0.29, 0.717) is 42.0 Å². The first kappa shape index (κ1) is 20.2. The lowest BCUT2D eigenvalue weighted by atomic mass is 9.98. The summed E-state index contributed by atoms with van der Waals surface area (Å²) in [6, 6.07) is 6.71. The first-order valence-electron chi connectivity index (χ1n) is 9.13. The number of aryl methyl sites for hydroxylation is 2. The summed E-state index contributed by atoms with van der Waals surface area (Å²) in [7, 11) is -3.72. The van der Waals surface area contributed by atoms with Crippen molar-refractivity contribution in [2.45, 2.75) is 38.5 Å². The summed E-state index contributed by atoms with van der Waals surface area (Å²) in [5.74, 6) is -0.796. The second-order valence-corrected chi connectivity index (χ2v) is 8.97. The molecule has 1 saturated heterocycles. The number of carbonyl (C=O) groups is 2. The Morgan fingerprint density at radius 2 is 2.04 bits per heavy atom. The van der Waals surface area contributed by atoms with Crippen LogP contribution in [0.15, 0.2) is 29.2 Å². The minimum absolute atomic E-state index is 0.0862. The monoisotopic (exact) mass is 404 g/mol. The number of ketones is 1. The van der Waals surface area contributed by atoms with Gasteiger partial charge in [-0.05, 0) is 45.7 Å². The van der Waals surface area contributed by atoms with E-state index in [1.807, 2.05) is 0 Å². The van der Waals surface area contributed by atoms with E-state index < -0.39 is 15.9 Å². The minimum atomic E-state index is -3.72. The van der Waals surface area contributed by atoms with E-state index >= 15 is 0 Å². The fourth-order valence-corrected chi connectivity index (χ4v) is 5.34. The molecule has 3 rings (SSSR count). The van der Waals surface area contributed by atoms with Gasteiger partial charge in [0.25, 0.3) is 0 Å². The summed E-state index contributed by atoms with van der Waals surface area (Å²) in [6.07, 6.45) is 1.20. The molecule has 1 aromatic heterocycles. The van der Waals surface area contributed by atoms with Crippen LogP contribution in [0.4, 0.5) is 5.69 Å². The van der Waals surface area contributed by atoms with Crippen LogP contribution in [0, 0.1) is 19.8 Å². The lowest BCUT2D eigenvalue weighted by Gasteiger charge is -2.31. The average molecular weight is 404 g/mol. The van der Waals surface area contributed by atoms with Gasteiger partial charge in [0.15, 0.2) is 5.78 Å². The first-order chi connectivity index (χ1) is 13.2. The molecule has 0 bridgehead atoms. The van der Waals surface area contributed by atoms with Gasteiger partial charge in [-0.2, -0.15) is 9.40 Å². The molecule has 9 heteroatoms. The highest BCUT2D eigenvalue weighted by Gasteiger charge is 2.35. The molecule has 1 aliphatic rings. The number of benzene rings is 1. The fraction of sp³-hybridized carbons (Fsp3) is 0.421. The molecule has 0 saturated carbocycles. The third kappa shape index (κ3) is 4.00. The number of aromatic nitrogens is 2. The number of rotatable bonds is 5. The number of sulfonamides is 1. The van der Waals surface area contributed by atoms with Crippen LogP contribution in [0.1, 0.15) is 41.5 Å². The van der Waals surface area contributed by atoms with Gasteiger partial charge in [0.1, 0.15) is 4.90 Å². The highest BCUT2D eigenvalue weighted by molar-refractivity contribution is 7.89. The summed E-state index contributed by atoms with van der Waals surface area (Å²) in [5, 5.41) is 9.48. The van der Waals surface area contributed by atoms with Crippen LogP contribution < -0.4 is 5.32 Å². The summed E-state index contributed by atoms with van der Waals surface area (Å²) in [6.45, 7) is 5.26. The Labute approximate surface area is 164 Å². The number of hydrogen-bond acceptors (Lipinski definition) is 5. The van der Waals surface area contributed by atoms with Gasteiger partial charge in [-0.1, -0.05) is 12.1 Å². The summed E-state index contributed by atoms with van der Waals surface area (Å²) < 4.78 is 27.4. The highest BCUT2D eigenvalue weighted by Crippen LogP contribution is 2.27. The van der Waals surface area contributed by atoms with Crippen molar-refractivity contribution in [1.29, 1.82) is 0 Å². The highest BCUT2D eigenvalue weighted by atomic mass is 32.2. The maximum absolute atomic E-state index is 13.0. The minimum Gasteiger partial charge on any atom is -0.326 e. The maximum Gasteiger partial charge on any atom is 0.246 e. The lowest BCUT2D eigenvalue weighted by Crippen LogP contribution is -2.43. The van der Waals surface area contributed by atoms with E-state index in [0.717, 1.165) is 0 Å². The van der Waals surface area contributed by atoms with Crippen molar-refractivity contribution >= 4 is 27.4 Å². The van der Waals surface area contributed by atoms with Gasteiger partial charge in [0.05, 0.1) is 17.3 Å². The van der Waals surface area contributed by atoms with Crippen molar-refractivity contribution in [2.24, 2.45) is 5.92 Å². The standard InChI is InChI=1S/C19H24N4O4S/c1-12-18(13(2)22-21-12)28(26,27)23-9-5-7-16(11-23)19(25)20-17-8-4-6-15(10-17)14(3)24/h4,6,8,10,16H,5,7,9,11H2,1-3H3,(H,20,25)(H,21,22)/t16-/m0/s1. The van der Waals surface area contributed by atoms with Crippen LogP contribution in [0.3, 0.4) is 0 Å². The van der Waals surface area contributed by atoms with Crippen molar-refractivity contribution in [2.75, 3.05) is 18.4 Å². The molecular weight excluding hydrogens is 380 g/mol. The SMILES string of the molecule is CC(=O)c1cccc(NC(=O)[C@H]2CCCN(S(=O)(=O)c3c(C)n[nH]c3C)C2)c1. The van der Waals surface area contributed by atoms with Crippen LogP contribution in [0.2, 0.25) is 0 Å². The van der Waals surface area contributed by atoms with Crippen molar-refractivity contribution in [1.82, 2.24) is 14.5 Å². The molecule has 8 nitrogen and oxygen atoms in total. The van der Waals surface area contributed by atoms with Crippen molar-refractivity contribution in [3.63, 3.8) is 0 Å². The van der Waals surface area contributed by atoms with Crippen LogP contribution in [0.25, 0.3) is 0 Å². The zero-order chi connectivity index (χ0) is 20.5. The van der Waals surface area contributed by atoms with Crippen LogP contribution >= 0.6 is 0 Å². The van der Waals surface area contributed by atoms with Crippen molar-refractivity contribution in [3.05, 3.63) is 41.2 Å². The van der Waals surface area contributed by atoms with Gasteiger partial charge in [-0.3, -0.25) is 14.7 Å². The van der Waals surface area contributed by atoms with Crippen LogP contribution in [-0.2, 0) is 14.8 Å². The number of Topliss-reactive ketones (excluding diaryl/α,β-unsaturated/α-hetero) is 1. The molecule has 2 heterocycles. The number of aromatic amines is 1. The van der Waals surface area contributed by atoms with E-state index in [1.54, 1.807) is 38.1 Å². The van der Waals surface area contributed by atoms with Crippen molar-refractivity contribution in [3.8, 4) is 0 Å². The predicted molar refractivity (Wildman–Crippen MR) is 105 cm³/mol. The first-order valence-corrected chi connectivity index (χ1v) is 10.6. The molecular formula is C19H24N4O4S. The molecule has 1 fully saturated rings. The molecule has 2 aromatic rings. The summed E-state index contributed by atoms with van der Waals surface area (Å²) >= 11 is 0. The summed E-state index contributed by atoms with van der Waals surface area (Å²) in [5.41, 5.74) is 1.95. The quantitative estimate of drug-likeness (QED) is 0.743. The third-order valence-electron chi connectivity index (χ3n) is 4.95. The molecule has 28 heavy (non-hydrogen) atoms. The molecule has 0 spiro atoms. The second kappa shape index (κ2) is 7.84. The second-order valence-electron chi connectivity index (χ2n) is 7.09. The zero-order valence-electron chi connectivity index (χ0n) is 16.2. The maximum atomic E-state index is 13.0. The topological polar surface area (TPSA) is 112 Å². The number of carbonyl (C=O) groups excluding carboxylic acids is 2. The van der Waals surface area contributed by atoms with E-state index in [2.05, 4.69) is 15.5 Å². The molecule has 150 valence electrons. The van der Waals surface area contributed by atoms with E-state index in [4.69, 9.17) is 0 Å². The largest absolute Gasteiger partial charge is 0.326 e. The number of piperidine rings is 1. The number of nitrogens with zero attached hydrogens (tertiary/aromatic N) is 2. The lowest BCUT2D eigenvalue weighted by molar-refractivity contribution is -0.120. The molecule has 1 aromatic carbocycles. The Hall–Kier alpha value is -2.52. The van der Waals surface area contributed by atoms with Gasteiger partial charge >= 0.3 is 0 Å². The number of amides is 1. The predicted octanol–water partition coefficient (Wildman–Crippen LogP) is 2.27. The van der Waals surface area contributed by atoms with Gasteiger partial charge in [0.2, 0.25) is 15.9 Å². The Kier molecular flexibility index (Phi) is 5.66. The molecule has 2 N–H and O–H groups in total. The third-order valence-corrected chi connectivity index (χ3v) is 7.08. The van der Waals surface area contributed by atoms with Crippen LogP contribution in [-0.4, -0.2) is 47.7 Å². The Balaban J connectivity index is 1.75. The Morgan fingerprint density at radius 3 is 2.68 bits per heavy atom. The van der Waals surface area contributed by atoms with E-state index in [9.17, 15) is 18.0 Å². The fourth-order valence-electron chi connectivity index (χ4n) is 3.48. The zero-order valence-corrected chi connectivity index (χ0v) is 17.0.